The number of likely N-dealkylation sites (tertiary alicyclic amines) is 1. The standard InChI is InChI=1S/C16H21N3O3/c1-2-19-11-13(10-14(19)20)16(22)18-9-8-17-15(21)12-6-4-3-5-7-12/h3-7,13H,2,8-11H2,1H3,(H,17,21)(H,18,22). The lowest BCUT2D eigenvalue weighted by Crippen LogP contribution is -2.38. The van der Waals surface area contributed by atoms with Gasteiger partial charge < -0.3 is 15.5 Å². The molecule has 0 bridgehead atoms. The molecule has 2 N–H and O–H groups in total. The van der Waals surface area contributed by atoms with Crippen molar-refractivity contribution in [3.05, 3.63) is 35.9 Å². The summed E-state index contributed by atoms with van der Waals surface area (Å²) in [4.78, 5) is 37.0. The Morgan fingerprint density at radius 2 is 1.86 bits per heavy atom. The van der Waals surface area contributed by atoms with Gasteiger partial charge in [-0.1, -0.05) is 18.2 Å². The number of hydrogen-bond acceptors (Lipinski definition) is 3. The van der Waals surface area contributed by atoms with Gasteiger partial charge in [0.25, 0.3) is 5.91 Å². The van der Waals surface area contributed by atoms with E-state index >= 15 is 0 Å². The Hall–Kier alpha value is -2.37. The minimum atomic E-state index is -0.280. The van der Waals surface area contributed by atoms with Crippen molar-refractivity contribution in [3.63, 3.8) is 0 Å². The van der Waals surface area contributed by atoms with Crippen LogP contribution in [0.3, 0.4) is 0 Å². The monoisotopic (exact) mass is 303 g/mol. The minimum absolute atomic E-state index is 0.0278. The molecule has 0 saturated carbocycles. The van der Waals surface area contributed by atoms with Crippen molar-refractivity contribution in [2.24, 2.45) is 5.92 Å². The van der Waals surface area contributed by atoms with Crippen LogP contribution in [0.1, 0.15) is 23.7 Å². The fraction of sp³-hybridized carbons (Fsp3) is 0.438. The Morgan fingerprint density at radius 1 is 1.18 bits per heavy atom. The molecule has 1 heterocycles. The number of hydrogen-bond donors (Lipinski definition) is 2. The molecule has 1 atom stereocenters. The Morgan fingerprint density at radius 3 is 2.50 bits per heavy atom. The van der Waals surface area contributed by atoms with E-state index in [1.807, 2.05) is 13.0 Å². The second kappa shape index (κ2) is 7.59. The first-order valence-corrected chi connectivity index (χ1v) is 7.50. The largest absolute Gasteiger partial charge is 0.354 e. The summed E-state index contributed by atoms with van der Waals surface area (Å²) in [5.41, 5.74) is 0.591. The zero-order valence-corrected chi connectivity index (χ0v) is 12.7. The summed E-state index contributed by atoms with van der Waals surface area (Å²) in [6.45, 7) is 3.73. The van der Waals surface area contributed by atoms with E-state index in [1.54, 1.807) is 29.2 Å². The van der Waals surface area contributed by atoms with Crippen molar-refractivity contribution in [2.75, 3.05) is 26.2 Å². The van der Waals surface area contributed by atoms with Crippen LogP contribution in [-0.2, 0) is 9.59 Å². The predicted octanol–water partition coefficient (Wildman–Crippen LogP) is 0.401. The Balaban J connectivity index is 1.68. The van der Waals surface area contributed by atoms with Crippen LogP contribution in [-0.4, -0.2) is 48.8 Å². The van der Waals surface area contributed by atoms with E-state index in [-0.39, 0.29) is 30.1 Å². The Kier molecular flexibility index (Phi) is 5.52. The Bertz CT molecular complexity index is 545. The van der Waals surface area contributed by atoms with Gasteiger partial charge in [0.2, 0.25) is 11.8 Å². The molecule has 1 unspecified atom stereocenters. The smallest absolute Gasteiger partial charge is 0.251 e. The molecule has 22 heavy (non-hydrogen) atoms. The van der Waals surface area contributed by atoms with Crippen LogP contribution in [0.25, 0.3) is 0 Å². The predicted molar refractivity (Wildman–Crippen MR) is 82.1 cm³/mol. The van der Waals surface area contributed by atoms with E-state index in [2.05, 4.69) is 10.6 Å². The van der Waals surface area contributed by atoms with Gasteiger partial charge >= 0.3 is 0 Å². The van der Waals surface area contributed by atoms with Gasteiger partial charge in [-0.05, 0) is 19.1 Å². The van der Waals surface area contributed by atoms with E-state index in [1.165, 1.54) is 0 Å². The first-order chi connectivity index (χ1) is 10.6. The van der Waals surface area contributed by atoms with E-state index < -0.39 is 0 Å². The maximum Gasteiger partial charge on any atom is 0.251 e. The highest BCUT2D eigenvalue weighted by atomic mass is 16.2. The third kappa shape index (κ3) is 4.07. The van der Waals surface area contributed by atoms with E-state index in [4.69, 9.17) is 0 Å². The molecule has 1 fully saturated rings. The van der Waals surface area contributed by atoms with Gasteiger partial charge in [0.1, 0.15) is 0 Å². The molecule has 118 valence electrons. The summed E-state index contributed by atoms with van der Waals surface area (Å²) < 4.78 is 0. The molecular weight excluding hydrogens is 282 g/mol. The number of benzene rings is 1. The van der Waals surface area contributed by atoms with Gasteiger partial charge in [0.05, 0.1) is 5.92 Å². The number of nitrogens with zero attached hydrogens (tertiary/aromatic N) is 1. The van der Waals surface area contributed by atoms with Crippen molar-refractivity contribution in [3.8, 4) is 0 Å². The first-order valence-electron chi connectivity index (χ1n) is 7.50. The van der Waals surface area contributed by atoms with Gasteiger partial charge in [0, 0.05) is 38.2 Å². The molecule has 0 aliphatic carbocycles. The highest BCUT2D eigenvalue weighted by Gasteiger charge is 2.32. The van der Waals surface area contributed by atoms with E-state index in [0.717, 1.165) is 0 Å². The van der Waals surface area contributed by atoms with Gasteiger partial charge in [-0.25, -0.2) is 0 Å². The average Bonchev–Trinajstić information content (AvgIpc) is 2.93. The molecular formula is C16H21N3O3. The molecule has 1 aromatic rings. The SMILES string of the molecule is CCN1CC(C(=O)NCCNC(=O)c2ccccc2)CC1=O. The first kappa shape index (κ1) is 16.0. The van der Waals surface area contributed by atoms with Crippen molar-refractivity contribution in [2.45, 2.75) is 13.3 Å². The Labute approximate surface area is 129 Å². The maximum atomic E-state index is 12.0. The zero-order chi connectivity index (χ0) is 15.9. The minimum Gasteiger partial charge on any atom is -0.354 e. The second-order valence-corrected chi connectivity index (χ2v) is 5.25. The normalized spacial score (nSPS) is 17.4. The zero-order valence-electron chi connectivity index (χ0n) is 12.7. The van der Waals surface area contributed by atoms with Crippen LogP contribution in [0.4, 0.5) is 0 Å². The molecule has 0 aromatic heterocycles. The topological polar surface area (TPSA) is 78.5 Å². The molecule has 6 heteroatoms. The van der Waals surface area contributed by atoms with Gasteiger partial charge in [-0.3, -0.25) is 14.4 Å². The summed E-state index contributed by atoms with van der Waals surface area (Å²) in [5.74, 6) is -0.543. The van der Waals surface area contributed by atoms with Crippen LogP contribution < -0.4 is 10.6 Å². The lowest BCUT2D eigenvalue weighted by molar-refractivity contribution is -0.128. The average molecular weight is 303 g/mol. The van der Waals surface area contributed by atoms with Gasteiger partial charge in [-0.2, -0.15) is 0 Å². The summed E-state index contributed by atoms with van der Waals surface area (Å²) >= 11 is 0. The summed E-state index contributed by atoms with van der Waals surface area (Å²) in [7, 11) is 0. The molecule has 1 aliphatic rings. The fourth-order valence-electron chi connectivity index (χ4n) is 2.45. The van der Waals surface area contributed by atoms with Gasteiger partial charge in [0.15, 0.2) is 0 Å². The van der Waals surface area contributed by atoms with Crippen molar-refractivity contribution in [1.29, 1.82) is 0 Å². The lowest BCUT2D eigenvalue weighted by atomic mass is 10.1. The number of amides is 3. The van der Waals surface area contributed by atoms with E-state index in [0.29, 0.717) is 31.7 Å². The number of carbonyl (C=O) groups is 3. The van der Waals surface area contributed by atoms with Crippen molar-refractivity contribution < 1.29 is 14.4 Å². The second-order valence-electron chi connectivity index (χ2n) is 5.25. The summed E-state index contributed by atoms with van der Waals surface area (Å²) in [6.07, 6.45) is 0.274. The van der Waals surface area contributed by atoms with Crippen LogP contribution in [0.15, 0.2) is 30.3 Å². The summed E-state index contributed by atoms with van der Waals surface area (Å²) in [5, 5.41) is 5.51. The molecule has 1 saturated heterocycles. The van der Waals surface area contributed by atoms with E-state index in [9.17, 15) is 14.4 Å². The number of rotatable bonds is 6. The number of carbonyl (C=O) groups excluding carboxylic acids is 3. The van der Waals surface area contributed by atoms with Gasteiger partial charge in [-0.15, -0.1) is 0 Å². The third-order valence-electron chi connectivity index (χ3n) is 3.71. The molecule has 1 aromatic carbocycles. The van der Waals surface area contributed by atoms with Crippen LogP contribution in [0.5, 0.6) is 0 Å². The molecule has 3 amide bonds. The van der Waals surface area contributed by atoms with Crippen LogP contribution in [0, 0.1) is 5.92 Å². The van der Waals surface area contributed by atoms with Crippen molar-refractivity contribution in [1.82, 2.24) is 15.5 Å². The molecule has 0 radical (unpaired) electrons. The highest BCUT2D eigenvalue weighted by Crippen LogP contribution is 2.17. The maximum absolute atomic E-state index is 12.0. The highest BCUT2D eigenvalue weighted by molar-refractivity contribution is 5.94. The molecule has 0 spiro atoms. The lowest BCUT2D eigenvalue weighted by Gasteiger charge is -2.13. The summed E-state index contributed by atoms with van der Waals surface area (Å²) in [6, 6.07) is 8.91. The van der Waals surface area contributed by atoms with Crippen molar-refractivity contribution >= 4 is 17.7 Å². The molecule has 1 aliphatic heterocycles. The fourth-order valence-corrected chi connectivity index (χ4v) is 2.45. The molecule has 6 nitrogen and oxygen atoms in total. The molecule has 2 rings (SSSR count). The number of nitrogens with one attached hydrogen (secondary N) is 2. The quantitative estimate of drug-likeness (QED) is 0.747. The van der Waals surface area contributed by atoms with Crippen LogP contribution >= 0.6 is 0 Å². The van der Waals surface area contributed by atoms with Crippen LogP contribution in [0.2, 0.25) is 0 Å². The third-order valence-corrected chi connectivity index (χ3v) is 3.71.